The molecule has 0 N–H and O–H groups in total. The van der Waals surface area contributed by atoms with Gasteiger partial charge in [0.1, 0.15) is 18.2 Å². The maximum atomic E-state index is 13.0. The van der Waals surface area contributed by atoms with E-state index in [9.17, 15) is 4.39 Å². The van der Waals surface area contributed by atoms with Crippen LogP contribution in [0.15, 0.2) is 41.1 Å². The van der Waals surface area contributed by atoms with Gasteiger partial charge in [-0.3, -0.25) is 4.98 Å². The zero-order valence-corrected chi connectivity index (χ0v) is 11.0. The quantitative estimate of drug-likeness (QED) is 0.846. The van der Waals surface area contributed by atoms with E-state index in [1.165, 1.54) is 6.07 Å². The number of nitrogens with zero attached hydrogens (tertiary/aromatic N) is 1. The number of hydrogen-bond acceptors (Lipinski definition) is 2. The van der Waals surface area contributed by atoms with Crippen molar-refractivity contribution in [2.24, 2.45) is 0 Å². The number of hydrogen-bond donors (Lipinski definition) is 0. The van der Waals surface area contributed by atoms with Gasteiger partial charge < -0.3 is 4.74 Å². The smallest absolute Gasteiger partial charge is 0.137 e. The highest BCUT2D eigenvalue weighted by Gasteiger charge is 2.03. The van der Waals surface area contributed by atoms with Crippen LogP contribution < -0.4 is 4.74 Å². The normalized spacial score (nSPS) is 10.3. The largest absolute Gasteiger partial charge is 0.489 e. The molecule has 0 aliphatic rings. The number of ether oxygens (including phenoxy) is 1. The van der Waals surface area contributed by atoms with E-state index in [1.807, 2.05) is 0 Å². The monoisotopic (exact) mass is 315 g/mol. The molecule has 2 rings (SSSR count). The highest BCUT2D eigenvalue weighted by Crippen LogP contribution is 2.23. The van der Waals surface area contributed by atoms with Gasteiger partial charge in [-0.05, 0) is 40.2 Å². The van der Waals surface area contributed by atoms with E-state index in [4.69, 9.17) is 16.3 Å². The molecule has 5 heteroatoms. The third-order valence-corrected chi connectivity index (χ3v) is 3.09. The summed E-state index contributed by atoms with van der Waals surface area (Å²) in [5.74, 6) is 0.255. The Morgan fingerprint density at radius 3 is 2.88 bits per heavy atom. The number of rotatable bonds is 3. The van der Waals surface area contributed by atoms with Crippen LogP contribution in [0, 0.1) is 5.82 Å². The second kappa shape index (κ2) is 5.47. The van der Waals surface area contributed by atoms with Crippen LogP contribution in [0.25, 0.3) is 0 Å². The molecule has 1 heterocycles. The summed E-state index contributed by atoms with van der Waals surface area (Å²) in [5.41, 5.74) is 0.835. The van der Waals surface area contributed by atoms with Crippen molar-refractivity contribution in [3.05, 3.63) is 57.5 Å². The van der Waals surface area contributed by atoms with E-state index in [-0.39, 0.29) is 5.82 Å². The van der Waals surface area contributed by atoms with Crippen LogP contribution in [-0.2, 0) is 6.61 Å². The molecular weight excluding hydrogens is 308 g/mol. The van der Waals surface area contributed by atoms with Crippen molar-refractivity contribution in [3.63, 3.8) is 0 Å². The van der Waals surface area contributed by atoms with Gasteiger partial charge in [0.25, 0.3) is 0 Å². The van der Waals surface area contributed by atoms with E-state index >= 15 is 0 Å². The van der Waals surface area contributed by atoms with Crippen molar-refractivity contribution in [2.75, 3.05) is 0 Å². The van der Waals surface area contributed by atoms with Gasteiger partial charge in [-0.15, -0.1) is 0 Å². The molecule has 0 fully saturated rings. The third kappa shape index (κ3) is 3.17. The highest BCUT2D eigenvalue weighted by atomic mass is 79.9. The Morgan fingerprint density at radius 1 is 1.35 bits per heavy atom. The molecular formula is C12H8BrClFNO. The summed E-state index contributed by atoms with van der Waals surface area (Å²) in [4.78, 5) is 3.88. The van der Waals surface area contributed by atoms with Gasteiger partial charge in [0.05, 0.1) is 9.50 Å². The zero-order chi connectivity index (χ0) is 12.3. The van der Waals surface area contributed by atoms with Gasteiger partial charge in [0.2, 0.25) is 0 Å². The van der Waals surface area contributed by atoms with Crippen molar-refractivity contribution in [1.82, 2.24) is 4.98 Å². The molecule has 1 aromatic heterocycles. The van der Waals surface area contributed by atoms with Crippen LogP contribution in [-0.4, -0.2) is 4.98 Å². The van der Waals surface area contributed by atoms with E-state index in [0.717, 1.165) is 5.56 Å². The first kappa shape index (κ1) is 12.3. The molecule has 0 aliphatic carbocycles. The third-order valence-electron chi connectivity index (χ3n) is 2.14. The minimum Gasteiger partial charge on any atom is -0.489 e. The van der Waals surface area contributed by atoms with Gasteiger partial charge in [0.15, 0.2) is 0 Å². The maximum Gasteiger partial charge on any atom is 0.137 e. The first-order valence-electron chi connectivity index (χ1n) is 4.83. The second-order valence-electron chi connectivity index (χ2n) is 3.33. The summed E-state index contributed by atoms with van der Waals surface area (Å²) < 4.78 is 18.9. The lowest BCUT2D eigenvalue weighted by Crippen LogP contribution is -1.96. The van der Waals surface area contributed by atoms with Gasteiger partial charge in [-0.1, -0.05) is 11.6 Å². The lowest BCUT2D eigenvalue weighted by atomic mass is 10.3. The van der Waals surface area contributed by atoms with Crippen molar-refractivity contribution < 1.29 is 9.13 Å². The van der Waals surface area contributed by atoms with Crippen molar-refractivity contribution >= 4 is 27.5 Å². The molecule has 0 aliphatic heterocycles. The van der Waals surface area contributed by atoms with E-state index in [1.54, 1.807) is 30.6 Å². The van der Waals surface area contributed by atoms with Gasteiger partial charge in [0, 0.05) is 18.0 Å². The topological polar surface area (TPSA) is 22.1 Å². The van der Waals surface area contributed by atoms with Crippen LogP contribution in [0.3, 0.4) is 0 Å². The standard InChI is InChI=1S/C12H8BrClFNO/c13-10-5-9(1-2-12(10)15)17-7-8-3-4-16-6-11(8)14/h1-6H,7H2. The Morgan fingerprint density at radius 2 is 2.18 bits per heavy atom. The molecule has 17 heavy (non-hydrogen) atoms. The molecule has 0 spiro atoms. The Kier molecular flexibility index (Phi) is 3.97. The average molecular weight is 317 g/mol. The Bertz CT molecular complexity index is 536. The molecule has 0 bridgehead atoms. The Hall–Kier alpha value is -1.13. The molecule has 88 valence electrons. The summed E-state index contributed by atoms with van der Waals surface area (Å²) >= 11 is 9.03. The number of pyridine rings is 1. The second-order valence-corrected chi connectivity index (χ2v) is 4.59. The van der Waals surface area contributed by atoms with Crippen molar-refractivity contribution in [2.45, 2.75) is 6.61 Å². The number of halogens is 3. The first-order chi connectivity index (χ1) is 8.16. The summed E-state index contributed by atoms with van der Waals surface area (Å²) in [5, 5.41) is 0.550. The zero-order valence-electron chi connectivity index (χ0n) is 8.66. The van der Waals surface area contributed by atoms with Crippen LogP contribution in [0.2, 0.25) is 5.02 Å². The van der Waals surface area contributed by atoms with Crippen molar-refractivity contribution in [3.8, 4) is 5.75 Å². The predicted octanol–water partition coefficient (Wildman–Crippen LogP) is 4.22. The fourth-order valence-corrected chi connectivity index (χ4v) is 1.78. The summed E-state index contributed by atoms with van der Waals surface area (Å²) in [6.07, 6.45) is 3.20. The average Bonchev–Trinajstić information content (AvgIpc) is 2.32. The molecule has 0 unspecified atom stereocenters. The molecule has 1 aromatic carbocycles. The molecule has 0 radical (unpaired) electrons. The fourth-order valence-electron chi connectivity index (χ4n) is 1.25. The summed E-state index contributed by atoms with van der Waals surface area (Å²) in [7, 11) is 0. The molecule has 0 amide bonds. The molecule has 2 nitrogen and oxygen atoms in total. The van der Waals surface area contributed by atoms with Crippen LogP contribution in [0.5, 0.6) is 5.75 Å². The van der Waals surface area contributed by atoms with Gasteiger partial charge in [-0.25, -0.2) is 4.39 Å². The van der Waals surface area contributed by atoms with Gasteiger partial charge in [-0.2, -0.15) is 0 Å². The SMILES string of the molecule is Fc1ccc(OCc2ccncc2Cl)cc1Br. The maximum absolute atomic E-state index is 13.0. The Balaban J connectivity index is 2.08. The Labute approximate surface area is 112 Å². The fraction of sp³-hybridized carbons (Fsp3) is 0.0833. The first-order valence-corrected chi connectivity index (χ1v) is 6.00. The lowest BCUT2D eigenvalue weighted by molar-refractivity contribution is 0.305. The predicted molar refractivity (Wildman–Crippen MR) is 67.7 cm³/mol. The summed E-state index contributed by atoms with van der Waals surface area (Å²) in [6, 6.07) is 6.26. The van der Waals surface area contributed by atoms with Crippen LogP contribution in [0.4, 0.5) is 4.39 Å². The van der Waals surface area contributed by atoms with Crippen molar-refractivity contribution in [1.29, 1.82) is 0 Å². The number of benzene rings is 1. The molecule has 0 saturated carbocycles. The van der Waals surface area contributed by atoms with E-state index < -0.39 is 0 Å². The summed E-state index contributed by atoms with van der Waals surface area (Å²) in [6.45, 7) is 0.319. The minimum absolute atomic E-state index is 0.319. The van der Waals surface area contributed by atoms with Crippen LogP contribution >= 0.6 is 27.5 Å². The van der Waals surface area contributed by atoms with Crippen LogP contribution in [0.1, 0.15) is 5.56 Å². The molecule has 0 atom stereocenters. The molecule has 2 aromatic rings. The lowest BCUT2D eigenvalue weighted by Gasteiger charge is -2.07. The molecule has 0 saturated heterocycles. The van der Waals surface area contributed by atoms with E-state index in [2.05, 4.69) is 20.9 Å². The number of aromatic nitrogens is 1. The van der Waals surface area contributed by atoms with E-state index in [0.29, 0.717) is 21.9 Å². The highest BCUT2D eigenvalue weighted by molar-refractivity contribution is 9.10. The minimum atomic E-state index is -0.320. The van der Waals surface area contributed by atoms with Gasteiger partial charge >= 0.3 is 0 Å².